The maximum Gasteiger partial charge on any atom is 0.573 e. The van der Waals surface area contributed by atoms with Crippen LogP contribution in [0.1, 0.15) is 34.0 Å². The number of benzene rings is 3. The number of nitrogens with one attached hydrogen (secondary N) is 2. The largest absolute Gasteiger partial charge is 0.573 e. The third-order valence-electron chi connectivity index (χ3n) is 7.53. The lowest BCUT2D eigenvalue weighted by Crippen LogP contribution is -2.48. The quantitative estimate of drug-likeness (QED) is 0.189. The van der Waals surface area contributed by atoms with Crippen LogP contribution in [0.15, 0.2) is 72.9 Å². The second-order valence-electron chi connectivity index (χ2n) is 10.6. The van der Waals surface area contributed by atoms with E-state index in [1.54, 1.807) is 18.0 Å². The van der Waals surface area contributed by atoms with Crippen molar-refractivity contribution >= 4 is 34.4 Å². The first kappa shape index (κ1) is 30.8. The molecule has 4 aromatic rings. The van der Waals surface area contributed by atoms with E-state index >= 15 is 0 Å². The molecule has 0 saturated heterocycles. The van der Waals surface area contributed by atoms with Crippen LogP contribution in [0, 0.1) is 0 Å². The number of aryl methyl sites for hydroxylation is 2. The molecule has 0 unspecified atom stereocenters. The highest BCUT2D eigenvalue weighted by Crippen LogP contribution is 2.37. The van der Waals surface area contributed by atoms with Crippen molar-refractivity contribution in [1.82, 2.24) is 15.2 Å². The number of carbonyl (C=O) groups is 1. The molecule has 43 heavy (non-hydrogen) atoms. The summed E-state index contributed by atoms with van der Waals surface area (Å²) in [6.45, 7) is 3.31. The van der Waals surface area contributed by atoms with Crippen LogP contribution in [0.2, 0.25) is 0 Å². The molecule has 2 heterocycles. The molecule has 1 aromatic heterocycles. The number of hydrogen-bond acceptors (Lipinski definition) is 6. The molecule has 3 aromatic carbocycles. The van der Waals surface area contributed by atoms with Gasteiger partial charge in [0.25, 0.3) is 5.91 Å². The summed E-state index contributed by atoms with van der Waals surface area (Å²) in [6.07, 6.45) is -2.34. The normalized spacial score (nSPS) is 14.8. The van der Waals surface area contributed by atoms with Crippen molar-refractivity contribution in [3.05, 3.63) is 95.2 Å². The number of carbonyl (C=O) groups excluding carboxylic acids is 1. The second kappa shape index (κ2) is 13.3. The van der Waals surface area contributed by atoms with E-state index in [9.17, 15) is 23.1 Å². The molecule has 7 nitrogen and oxygen atoms in total. The zero-order valence-corrected chi connectivity index (χ0v) is 24.8. The third kappa shape index (κ3) is 7.65. The third-order valence-corrected chi connectivity index (χ3v) is 8.48. The number of aromatic nitrogens is 1. The summed E-state index contributed by atoms with van der Waals surface area (Å²) in [4.78, 5) is 13.7. The highest BCUT2D eigenvalue weighted by molar-refractivity contribution is 8.00. The van der Waals surface area contributed by atoms with Gasteiger partial charge < -0.3 is 29.3 Å². The van der Waals surface area contributed by atoms with Crippen molar-refractivity contribution < 1.29 is 27.8 Å². The Hall–Kier alpha value is -3.67. The number of rotatable bonds is 11. The lowest BCUT2D eigenvalue weighted by Gasteiger charge is -2.25. The van der Waals surface area contributed by atoms with Crippen LogP contribution in [-0.2, 0) is 25.9 Å². The smallest absolute Gasteiger partial charge is 0.406 e. The first-order valence-corrected chi connectivity index (χ1v) is 15.2. The van der Waals surface area contributed by atoms with Crippen molar-refractivity contribution in [2.75, 3.05) is 23.7 Å². The molecular formula is C32H35F3N4O3S. The van der Waals surface area contributed by atoms with Crippen LogP contribution in [-0.4, -0.2) is 53.4 Å². The lowest BCUT2D eigenvalue weighted by atomic mass is 9.99. The average Bonchev–Trinajstić information content (AvgIpc) is 3.25. The summed E-state index contributed by atoms with van der Waals surface area (Å²) in [5, 5.41) is 18.5. The van der Waals surface area contributed by atoms with Gasteiger partial charge in [0.1, 0.15) is 5.75 Å². The summed E-state index contributed by atoms with van der Waals surface area (Å²) >= 11 is 1.71. The van der Waals surface area contributed by atoms with Gasteiger partial charge in [0.15, 0.2) is 0 Å². The van der Waals surface area contributed by atoms with Gasteiger partial charge in [0, 0.05) is 49.6 Å². The minimum atomic E-state index is -4.77. The standard InChI is InChI=1S/C32H35F3N4O3S/c1-3-23-20-39-12-13-43-38(2)28-17-24(16-26(23)30(28)39)31(41)37-27(15-21-8-5-4-6-9-21)29(40)19-36-18-22-10-7-11-25(14-22)42-32(33,34)35/h4-11,14,16-17,20,27,29,36,40H,3,12-13,15,18-19H2,1-2H3,(H,37,41)/t27-,29+/m0/s1. The number of alkyl halides is 3. The van der Waals surface area contributed by atoms with E-state index in [0.717, 1.165) is 40.9 Å². The molecule has 228 valence electrons. The summed E-state index contributed by atoms with van der Waals surface area (Å²) < 4.78 is 46.2. The fraction of sp³-hybridized carbons (Fsp3) is 0.344. The van der Waals surface area contributed by atoms with Gasteiger partial charge in [-0.1, -0.05) is 49.4 Å². The summed E-state index contributed by atoms with van der Waals surface area (Å²) in [5.74, 6) is 0.337. The zero-order valence-electron chi connectivity index (χ0n) is 24.0. The number of aliphatic hydroxyl groups is 1. The molecule has 0 fully saturated rings. The molecule has 0 aliphatic carbocycles. The molecule has 1 aliphatic rings. The zero-order chi connectivity index (χ0) is 30.6. The molecule has 1 amide bonds. The number of hydrogen-bond donors (Lipinski definition) is 3. The number of aliphatic hydroxyl groups excluding tert-OH is 1. The highest BCUT2D eigenvalue weighted by atomic mass is 32.2. The van der Waals surface area contributed by atoms with Gasteiger partial charge in [-0.3, -0.25) is 4.79 Å². The van der Waals surface area contributed by atoms with Crippen LogP contribution in [0.25, 0.3) is 10.9 Å². The number of anilines is 1. The van der Waals surface area contributed by atoms with E-state index in [0.29, 0.717) is 17.5 Å². The minimum Gasteiger partial charge on any atom is -0.406 e. The summed E-state index contributed by atoms with van der Waals surface area (Å²) in [7, 11) is 2.01. The van der Waals surface area contributed by atoms with E-state index in [4.69, 9.17) is 0 Å². The van der Waals surface area contributed by atoms with Crippen molar-refractivity contribution in [1.29, 1.82) is 0 Å². The Morgan fingerprint density at radius 1 is 1.09 bits per heavy atom. The SMILES string of the molecule is CCc1cn2c3c(cc(C(=O)N[C@@H](Cc4ccccc4)[C@H](O)CNCc4cccc(OC(F)(F)F)c4)cc13)N(C)SCC2. The van der Waals surface area contributed by atoms with Crippen molar-refractivity contribution in [2.45, 2.75) is 51.4 Å². The van der Waals surface area contributed by atoms with E-state index in [1.807, 2.05) is 49.5 Å². The fourth-order valence-corrected chi connectivity index (χ4v) is 6.26. The van der Waals surface area contributed by atoms with E-state index in [1.165, 1.54) is 23.8 Å². The highest BCUT2D eigenvalue weighted by Gasteiger charge is 2.31. The van der Waals surface area contributed by atoms with Gasteiger partial charge in [-0.15, -0.1) is 13.2 Å². The first-order chi connectivity index (χ1) is 20.6. The Kier molecular flexibility index (Phi) is 9.53. The van der Waals surface area contributed by atoms with Crippen LogP contribution in [0.3, 0.4) is 0 Å². The number of halogens is 3. The number of nitrogens with zero attached hydrogens (tertiary/aromatic N) is 2. The van der Waals surface area contributed by atoms with Gasteiger partial charge in [-0.05, 0) is 65.7 Å². The van der Waals surface area contributed by atoms with E-state index < -0.39 is 18.5 Å². The predicted octanol–water partition coefficient (Wildman–Crippen LogP) is 5.69. The Morgan fingerprint density at radius 2 is 1.86 bits per heavy atom. The molecule has 11 heteroatoms. The molecule has 0 saturated carbocycles. The van der Waals surface area contributed by atoms with Crippen LogP contribution in [0.4, 0.5) is 18.9 Å². The van der Waals surface area contributed by atoms with Gasteiger partial charge in [-0.2, -0.15) is 0 Å². The molecule has 1 aliphatic heterocycles. The maximum atomic E-state index is 13.7. The van der Waals surface area contributed by atoms with Gasteiger partial charge in [0.2, 0.25) is 0 Å². The first-order valence-electron chi connectivity index (χ1n) is 14.2. The Labute approximate surface area is 253 Å². The lowest BCUT2D eigenvalue weighted by molar-refractivity contribution is -0.274. The van der Waals surface area contributed by atoms with Crippen molar-refractivity contribution in [2.24, 2.45) is 0 Å². The monoisotopic (exact) mass is 612 g/mol. The number of amides is 1. The van der Waals surface area contributed by atoms with Crippen LogP contribution < -0.4 is 19.7 Å². The molecular weight excluding hydrogens is 577 g/mol. The van der Waals surface area contributed by atoms with Crippen LogP contribution >= 0.6 is 11.9 Å². The summed E-state index contributed by atoms with van der Waals surface area (Å²) in [6, 6.07) is 18.5. The maximum absolute atomic E-state index is 13.7. The Morgan fingerprint density at radius 3 is 2.60 bits per heavy atom. The molecule has 2 atom stereocenters. The molecule has 3 N–H and O–H groups in total. The molecule has 5 rings (SSSR count). The second-order valence-corrected chi connectivity index (χ2v) is 11.8. The fourth-order valence-electron chi connectivity index (χ4n) is 5.43. The topological polar surface area (TPSA) is 78.8 Å². The minimum absolute atomic E-state index is 0.106. The Bertz CT molecular complexity index is 1560. The number of ether oxygens (including phenoxy) is 1. The van der Waals surface area contributed by atoms with E-state index in [2.05, 4.69) is 37.4 Å². The average molecular weight is 613 g/mol. The molecule has 0 spiro atoms. The molecule has 0 bridgehead atoms. The van der Waals surface area contributed by atoms with Crippen molar-refractivity contribution in [3.8, 4) is 5.75 Å². The predicted molar refractivity (Wildman–Crippen MR) is 164 cm³/mol. The van der Waals surface area contributed by atoms with E-state index in [-0.39, 0.29) is 24.7 Å². The van der Waals surface area contributed by atoms with Gasteiger partial charge in [0.05, 0.1) is 23.3 Å². The Balaban J connectivity index is 1.33. The summed E-state index contributed by atoms with van der Waals surface area (Å²) in [5.41, 5.74) is 5.31. The van der Waals surface area contributed by atoms with Crippen LogP contribution in [0.5, 0.6) is 5.75 Å². The van der Waals surface area contributed by atoms with Gasteiger partial charge in [-0.25, -0.2) is 0 Å². The van der Waals surface area contributed by atoms with Crippen molar-refractivity contribution in [3.63, 3.8) is 0 Å². The molecule has 0 radical (unpaired) electrons. The van der Waals surface area contributed by atoms with Gasteiger partial charge >= 0.3 is 6.36 Å².